The molecule has 3 atom stereocenters. The summed E-state index contributed by atoms with van der Waals surface area (Å²) in [5, 5.41) is 15.3. The molecule has 3 rings (SSSR count). The van der Waals surface area contributed by atoms with Crippen LogP contribution in [0.5, 0.6) is 0 Å². The Bertz CT molecular complexity index is 555. The Labute approximate surface area is 162 Å². The quantitative estimate of drug-likeness (QED) is 0.426. The van der Waals surface area contributed by atoms with Gasteiger partial charge in [0, 0.05) is 20.1 Å². The van der Waals surface area contributed by atoms with E-state index in [1.165, 1.54) is 44.9 Å². The molecule has 0 radical (unpaired) electrons. The Balaban J connectivity index is 0.00000208. The molecule has 2 N–H and O–H groups in total. The molecule has 1 aromatic rings. The number of hydrogen-bond acceptors (Lipinski definition) is 3. The topological polar surface area (TPSA) is 67.1 Å². The van der Waals surface area contributed by atoms with E-state index in [1.54, 1.807) is 0 Å². The van der Waals surface area contributed by atoms with E-state index in [-0.39, 0.29) is 24.0 Å². The normalized spacial score (nSPS) is 27.1. The van der Waals surface area contributed by atoms with Gasteiger partial charge in [0.05, 0.1) is 6.54 Å². The van der Waals surface area contributed by atoms with Crippen molar-refractivity contribution in [1.29, 1.82) is 0 Å². The van der Waals surface area contributed by atoms with Crippen LogP contribution in [0.1, 0.15) is 56.6 Å². The van der Waals surface area contributed by atoms with Gasteiger partial charge in [0.1, 0.15) is 5.82 Å². The zero-order valence-electron chi connectivity index (χ0n) is 15.1. The summed E-state index contributed by atoms with van der Waals surface area (Å²) in [5.74, 6) is 4.65. The maximum atomic E-state index is 4.37. The molecule has 0 aromatic carbocycles. The number of rotatable bonds is 3. The van der Waals surface area contributed by atoms with E-state index in [2.05, 4.69) is 25.8 Å². The Morgan fingerprint density at radius 1 is 1.17 bits per heavy atom. The predicted octanol–water partition coefficient (Wildman–Crippen LogP) is 2.77. The molecule has 0 amide bonds. The number of aromatic nitrogens is 3. The Morgan fingerprint density at radius 3 is 2.58 bits per heavy atom. The molecule has 0 spiro atoms. The summed E-state index contributed by atoms with van der Waals surface area (Å²) in [5.41, 5.74) is 0. The van der Waals surface area contributed by atoms with Gasteiger partial charge in [-0.1, -0.05) is 25.7 Å². The van der Waals surface area contributed by atoms with Crippen LogP contribution >= 0.6 is 24.0 Å². The molecule has 2 aliphatic carbocycles. The van der Waals surface area contributed by atoms with Gasteiger partial charge in [0.2, 0.25) is 0 Å². The van der Waals surface area contributed by atoms with Gasteiger partial charge in [-0.2, -0.15) is 0 Å². The molecular formula is C17H31IN6. The van der Waals surface area contributed by atoms with E-state index in [0.717, 1.165) is 29.4 Å². The van der Waals surface area contributed by atoms with Gasteiger partial charge in [-0.3, -0.25) is 4.99 Å². The minimum absolute atomic E-state index is 0. The molecule has 0 aliphatic heterocycles. The first kappa shape index (κ1) is 19.5. The molecular weight excluding hydrogens is 415 g/mol. The first-order valence-electron chi connectivity index (χ1n) is 8.99. The van der Waals surface area contributed by atoms with E-state index in [9.17, 15) is 0 Å². The van der Waals surface area contributed by atoms with Crippen LogP contribution in [0.15, 0.2) is 4.99 Å². The number of aliphatic imine (C=N–C) groups is 1. The number of hydrogen-bond donors (Lipinski definition) is 2. The van der Waals surface area contributed by atoms with E-state index < -0.39 is 0 Å². The highest BCUT2D eigenvalue weighted by Crippen LogP contribution is 2.40. The minimum atomic E-state index is 0. The van der Waals surface area contributed by atoms with Crippen molar-refractivity contribution in [2.45, 2.75) is 64.5 Å². The summed E-state index contributed by atoms with van der Waals surface area (Å²) in [6, 6.07) is 0.557. The maximum Gasteiger partial charge on any atom is 0.191 e. The second kappa shape index (κ2) is 9.01. The second-order valence-corrected chi connectivity index (χ2v) is 7.11. The number of nitrogens with zero attached hydrogens (tertiary/aromatic N) is 4. The maximum absolute atomic E-state index is 4.37. The van der Waals surface area contributed by atoms with E-state index in [0.29, 0.717) is 12.6 Å². The standard InChI is InChI=1S/C17H30N6.HI/c1-12-21-22-16(23(12)3)11-19-17(18-2)20-15-9-8-13-6-4-5-7-14(13)10-15;/h13-15H,4-11H2,1-3H3,(H2,18,19,20);1H. The van der Waals surface area contributed by atoms with Crippen molar-refractivity contribution in [3.05, 3.63) is 11.6 Å². The number of aryl methyl sites for hydroxylation is 1. The third-order valence-corrected chi connectivity index (χ3v) is 5.70. The van der Waals surface area contributed by atoms with Crippen molar-refractivity contribution < 1.29 is 0 Å². The van der Waals surface area contributed by atoms with Crippen LogP contribution in [-0.2, 0) is 13.6 Å². The summed E-state index contributed by atoms with van der Waals surface area (Å²) < 4.78 is 2.01. The molecule has 0 saturated heterocycles. The van der Waals surface area contributed by atoms with E-state index in [4.69, 9.17) is 0 Å². The SMILES string of the molecule is CN=C(NCc1nnc(C)n1C)NC1CCC2CCCCC2C1.I. The van der Waals surface area contributed by atoms with Gasteiger partial charge in [-0.25, -0.2) is 0 Å². The zero-order valence-corrected chi connectivity index (χ0v) is 17.4. The van der Waals surface area contributed by atoms with Crippen LogP contribution in [0.4, 0.5) is 0 Å². The second-order valence-electron chi connectivity index (χ2n) is 7.11. The smallest absolute Gasteiger partial charge is 0.191 e. The highest BCUT2D eigenvalue weighted by Gasteiger charge is 2.32. The van der Waals surface area contributed by atoms with Crippen molar-refractivity contribution in [2.75, 3.05) is 7.05 Å². The lowest BCUT2D eigenvalue weighted by Crippen LogP contribution is -2.46. The average molecular weight is 446 g/mol. The fourth-order valence-corrected chi connectivity index (χ4v) is 4.16. The lowest BCUT2D eigenvalue weighted by molar-refractivity contribution is 0.150. The molecule has 1 heterocycles. The number of guanidine groups is 1. The van der Waals surface area contributed by atoms with Crippen LogP contribution in [0.3, 0.4) is 0 Å². The monoisotopic (exact) mass is 446 g/mol. The number of halogens is 1. The number of nitrogens with one attached hydrogen (secondary N) is 2. The molecule has 2 fully saturated rings. The summed E-state index contributed by atoms with van der Waals surface area (Å²) in [7, 11) is 3.83. The lowest BCUT2D eigenvalue weighted by atomic mass is 9.69. The van der Waals surface area contributed by atoms with Crippen LogP contribution in [0.2, 0.25) is 0 Å². The van der Waals surface area contributed by atoms with Gasteiger partial charge in [0.25, 0.3) is 0 Å². The van der Waals surface area contributed by atoms with Crippen molar-refractivity contribution in [3.63, 3.8) is 0 Å². The van der Waals surface area contributed by atoms with Crippen LogP contribution in [0, 0.1) is 18.8 Å². The van der Waals surface area contributed by atoms with Crippen LogP contribution in [0.25, 0.3) is 0 Å². The average Bonchev–Trinajstić information content (AvgIpc) is 2.90. The molecule has 2 saturated carbocycles. The van der Waals surface area contributed by atoms with Crippen molar-refractivity contribution in [3.8, 4) is 0 Å². The van der Waals surface area contributed by atoms with Gasteiger partial charge < -0.3 is 15.2 Å². The van der Waals surface area contributed by atoms with E-state index >= 15 is 0 Å². The third-order valence-electron chi connectivity index (χ3n) is 5.70. The summed E-state index contributed by atoms with van der Waals surface area (Å²) in [6.45, 7) is 2.61. The Hall–Kier alpha value is -0.860. The van der Waals surface area contributed by atoms with Gasteiger partial charge in [-0.15, -0.1) is 34.2 Å². The molecule has 24 heavy (non-hydrogen) atoms. The van der Waals surface area contributed by atoms with Crippen molar-refractivity contribution in [2.24, 2.45) is 23.9 Å². The van der Waals surface area contributed by atoms with Crippen LogP contribution in [-0.4, -0.2) is 33.8 Å². The number of fused-ring (bicyclic) bond motifs is 1. The molecule has 2 aliphatic rings. The molecule has 6 nitrogen and oxygen atoms in total. The largest absolute Gasteiger partial charge is 0.354 e. The zero-order chi connectivity index (χ0) is 16.2. The van der Waals surface area contributed by atoms with Crippen LogP contribution < -0.4 is 10.6 Å². The predicted molar refractivity (Wildman–Crippen MR) is 108 cm³/mol. The molecule has 136 valence electrons. The molecule has 7 heteroatoms. The lowest BCUT2D eigenvalue weighted by Gasteiger charge is -2.39. The molecule has 3 unspecified atom stereocenters. The van der Waals surface area contributed by atoms with Gasteiger partial charge in [-0.05, 0) is 38.0 Å². The highest BCUT2D eigenvalue weighted by molar-refractivity contribution is 14.0. The van der Waals surface area contributed by atoms with Crippen molar-refractivity contribution >= 4 is 29.9 Å². The fraction of sp³-hybridized carbons (Fsp3) is 0.824. The van der Waals surface area contributed by atoms with Gasteiger partial charge >= 0.3 is 0 Å². The first-order valence-corrected chi connectivity index (χ1v) is 8.99. The highest BCUT2D eigenvalue weighted by atomic mass is 127. The van der Waals surface area contributed by atoms with Gasteiger partial charge in [0.15, 0.2) is 11.8 Å². The first-order chi connectivity index (χ1) is 11.2. The van der Waals surface area contributed by atoms with Crippen molar-refractivity contribution in [1.82, 2.24) is 25.4 Å². The third kappa shape index (κ3) is 4.61. The fourth-order valence-electron chi connectivity index (χ4n) is 4.16. The summed E-state index contributed by atoms with van der Waals surface area (Å²) >= 11 is 0. The minimum Gasteiger partial charge on any atom is -0.354 e. The molecule has 1 aromatic heterocycles. The molecule has 0 bridgehead atoms. The summed E-state index contributed by atoms with van der Waals surface area (Å²) in [6.07, 6.45) is 9.69. The Kier molecular flexibility index (Phi) is 7.31. The van der Waals surface area contributed by atoms with E-state index in [1.807, 2.05) is 25.6 Å². The Morgan fingerprint density at radius 2 is 1.92 bits per heavy atom. The summed E-state index contributed by atoms with van der Waals surface area (Å²) in [4.78, 5) is 4.37.